The number of hydrogen-bond acceptors (Lipinski definition) is 6. The standard InChI is InChI=1S/C27H27N5O3S/c1-16-24(27(34)32(3)35-16)18-10-8-17(9-11-18)19-12-13-23(30-2)22(14-19)25(28)26(33)31-20-6-5-7-21(15-20)36(4)29/h5-15,28-30H,1-4H3,(H,31,33). The van der Waals surface area contributed by atoms with Gasteiger partial charge in [-0.25, -0.2) is 0 Å². The van der Waals surface area contributed by atoms with Gasteiger partial charge >= 0.3 is 0 Å². The zero-order chi connectivity index (χ0) is 26.0. The van der Waals surface area contributed by atoms with Crippen LogP contribution in [0.15, 0.2) is 80.9 Å². The van der Waals surface area contributed by atoms with Gasteiger partial charge in [0.15, 0.2) is 0 Å². The number of benzene rings is 3. The second-order valence-corrected chi connectivity index (χ2v) is 9.77. The smallest absolute Gasteiger partial charge is 0.290 e. The van der Waals surface area contributed by atoms with E-state index >= 15 is 0 Å². The van der Waals surface area contributed by atoms with Gasteiger partial charge in [-0.05, 0) is 60.2 Å². The summed E-state index contributed by atoms with van der Waals surface area (Å²) in [6.45, 7) is 1.76. The minimum Gasteiger partial charge on any atom is -0.388 e. The molecule has 4 N–H and O–H groups in total. The zero-order valence-electron chi connectivity index (χ0n) is 20.4. The number of carbonyl (C=O) groups excluding carboxylic acids is 1. The largest absolute Gasteiger partial charge is 0.388 e. The van der Waals surface area contributed by atoms with Gasteiger partial charge < -0.3 is 15.2 Å². The molecule has 3 aromatic carbocycles. The van der Waals surface area contributed by atoms with E-state index in [4.69, 9.17) is 14.7 Å². The molecule has 4 rings (SSSR count). The van der Waals surface area contributed by atoms with Gasteiger partial charge in [-0.2, -0.15) is 4.74 Å². The van der Waals surface area contributed by atoms with Crippen LogP contribution in [0.25, 0.3) is 22.3 Å². The quantitative estimate of drug-likeness (QED) is 0.265. The molecule has 9 heteroatoms. The normalized spacial score (nSPS) is 11.7. The van der Waals surface area contributed by atoms with Gasteiger partial charge in [-0.15, -0.1) is 0 Å². The van der Waals surface area contributed by atoms with E-state index < -0.39 is 16.6 Å². The summed E-state index contributed by atoms with van der Waals surface area (Å²) < 4.78 is 14.5. The number of hydrogen-bond donors (Lipinski definition) is 4. The molecule has 0 saturated carbocycles. The highest BCUT2D eigenvalue weighted by molar-refractivity contribution is 7.85. The molecule has 0 radical (unpaired) electrons. The van der Waals surface area contributed by atoms with E-state index in [1.54, 1.807) is 51.5 Å². The third kappa shape index (κ3) is 4.92. The van der Waals surface area contributed by atoms with Crippen LogP contribution in [0, 0.1) is 17.1 Å². The summed E-state index contributed by atoms with van der Waals surface area (Å²) in [6, 6.07) is 20.2. The van der Waals surface area contributed by atoms with Crippen molar-refractivity contribution in [1.82, 2.24) is 4.74 Å². The second kappa shape index (κ2) is 10.2. The lowest BCUT2D eigenvalue weighted by Gasteiger charge is -2.14. The SMILES string of the molecule is CNc1ccc(-c2ccc(-c3c(C)on(C)c3=O)cc2)cc1C(=N)C(=O)Nc1cccc(S(C)=N)c1. The van der Waals surface area contributed by atoms with Crippen molar-refractivity contribution in [1.29, 1.82) is 10.2 Å². The fourth-order valence-electron chi connectivity index (χ4n) is 3.99. The Hall–Kier alpha value is -4.24. The maximum Gasteiger partial charge on any atom is 0.290 e. The Morgan fingerprint density at radius 1 is 1.00 bits per heavy atom. The minimum atomic E-state index is -0.685. The van der Waals surface area contributed by atoms with Crippen molar-refractivity contribution in [2.75, 3.05) is 23.9 Å². The topological polar surface area (TPSA) is 124 Å². The van der Waals surface area contributed by atoms with E-state index in [1.807, 2.05) is 42.5 Å². The van der Waals surface area contributed by atoms with Crippen LogP contribution >= 0.6 is 0 Å². The Morgan fingerprint density at radius 3 is 2.28 bits per heavy atom. The van der Waals surface area contributed by atoms with Gasteiger partial charge in [0, 0.05) is 35.9 Å². The van der Waals surface area contributed by atoms with Crippen LogP contribution < -0.4 is 16.2 Å². The molecule has 1 unspecified atom stereocenters. The van der Waals surface area contributed by atoms with Crippen molar-refractivity contribution in [2.24, 2.45) is 7.05 Å². The Balaban J connectivity index is 1.62. The molecule has 1 amide bonds. The lowest BCUT2D eigenvalue weighted by atomic mass is 9.97. The first kappa shape index (κ1) is 24.9. The van der Waals surface area contributed by atoms with Gasteiger partial charge in [0.2, 0.25) is 0 Å². The first-order valence-corrected chi connectivity index (χ1v) is 12.8. The number of aromatic nitrogens is 1. The minimum absolute atomic E-state index is 0.179. The van der Waals surface area contributed by atoms with E-state index in [0.29, 0.717) is 28.3 Å². The molecule has 0 fully saturated rings. The predicted octanol–water partition coefficient (Wildman–Crippen LogP) is 5.04. The Labute approximate surface area is 211 Å². The van der Waals surface area contributed by atoms with Gasteiger partial charge in [0.25, 0.3) is 11.5 Å². The van der Waals surface area contributed by atoms with Gasteiger partial charge in [-0.3, -0.25) is 19.8 Å². The van der Waals surface area contributed by atoms with Crippen LogP contribution in [0.5, 0.6) is 0 Å². The highest BCUT2D eigenvalue weighted by Crippen LogP contribution is 2.29. The summed E-state index contributed by atoms with van der Waals surface area (Å²) in [7, 11) is 2.64. The molecule has 1 heterocycles. The van der Waals surface area contributed by atoms with Crippen LogP contribution in [-0.4, -0.2) is 29.7 Å². The van der Waals surface area contributed by atoms with Gasteiger partial charge in [0.05, 0.1) is 5.56 Å². The van der Waals surface area contributed by atoms with Crippen LogP contribution in [-0.2, 0) is 22.5 Å². The molecule has 1 aromatic heterocycles. The third-order valence-corrected chi connectivity index (χ3v) is 6.82. The summed E-state index contributed by atoms with van der Waals surface area (Å²) in [5.74, 6) is 0.0157. The second-order valence-electron chi connectivity index (χ2n) is 8.28. The predicted molar refractivity (Wildman–Crippen MR) is 145 cm³/mol. The van der Waals surface area contributed by atoms with Gasteiger partial charge in [0.1, 0.15) is 11.5 Å². The summed E-state index contributed by atoms with van der Waals surface area (Å²) in [5.41, 5.74) is 4.29. The monoisotopic (exact) mass is 501 g/mol. The molecule has 0 aliphatic rings. The highest BCUT2D eigenvalue weighted by atomic mass is 32.2. The van der Waals surface area contributed by atoms with Crippen molar-refractivity contribution in [3.8, 4) is 22.3 Å². The van der Waals surface area contributed by atoms with Crippen molar-refractivity contribution >= 4 is 33.7 Å². The molecular weight excluding hydrogens is 474 g/mol. The lowest BCUT2D eigenvalue weighted by Crippen LogP contribution is -2.24. The Bertz CT molecular complexity index is 1550. The number of nitrogens with one attached hydrogen (secondary N) is 4. The molecule has 184 valence electrons. The molecule has 0 bridgehead atoms. The molecular formula is C27H27N5O3S. The lowest BCUT2D eigenvalue weighted by molar-refractivity contribution is -0.110. The fourth-order valence-corrected chi connectivity index (χ4v) is 4.57. The molecule has 0 aliphatic heterocycles. The van der Waals surface area contributed by atoms with Crippen molar-refractivity contribution < 1.29 is 9.32 Å². The summed E-state index contributed by atoms with van der Waals surface area (Å²) >= 11 is 0. The van der Waals surface area contributed by atoms with E-state index in [9.17, 15) is 9.59 Å². The van der Waals surface area contributed by atoms with Crippen molar-refractivity contribution in [3.05, 3.63) is 88.4 Å². The average Bonchev–Trinajstić information content (AvgIpc) is 3.14. The van der Waals surface area contributed by atoms with E-state index in [1.165, 1.54) is 4.74 Å². The zero-order valence-corrected chi connectivity index (χ0v) is 21.2. The molecule has 0 saturated heterocycles. The molecule has 4 aromatic rings. The average molecular weight is 502 g/mol. The molecule has 8 nitrogen and oxygen atoms in total. The Morgan fingerprint density at radius 2 is 1.67 bits per heavy atom. The number of nitrogens with zero attached hydrogens (tertiary/aromatic N) is 1. The van der Waals surface area contributed by atoms with Crippen molar-refractivity contribution in [2.45, 2.75) is 11.8 Å². The summed E-state index contributed by atoms with van der Waals surface area (Å²) in [4.78, 5) is 26.1. The number of carbonyl (C=O) groups is 1. The van der Waals surface area contributed by atoms with Crippen LogP contribution in [0.4, 0.5) is 11.4 Å². The molecule has 0 aliphatic carbocycles. The first-order chi connectivity index (χ1) is 17.2. The number of aryl methyl sites for hydroxylation is 2. The van der Waals surface area contributed by atoms with Crippen molar-refractivity contribution in [3.63, 3.8) is 0 Å². The van der Waals surface area contributed by atoms with E-state index in [0.717, 1.165) is 21.6 Å². The maximum absolute atomic E-state index is 12.9. The van der Waals surface area contributed by atoms with Crippen LogP contribution in [0.2, 0.25) is 0 Å². The number of rotatable bonds is 7. The maximum atomic E-state index is 12.9. The molecule has 0 spiro atoms. The number of amides is 1. The van der Waals surface area contributed by atoms with E-state index in [-0.39, 0.29) is 11.3 Å². The number of anilines is 2. The van der Waals surface area contributed by atoms with Gasteiger partial charge in [-0.1, -0.05) is 47.1 Å². The van der Waals surface area contributed by atoms with Crippen LogP contribution in [0.1, 0.15) is 11.3 Å². The van der Waals surface area contributed by atoms with Crippen LogP contribution in [0.3, 0.4) is 0 Å². The van der Waals surface area contributed by atoms with E-state index in [2.05, 4.69) is 10.6 Å². The highest BCUT2D eigenvalue weighted by Gasteiger charge is 2.18. The first-order valence-electron chi connectivity index (χ1n) is 11.2. The summed E-state index contributed by atoms with van der Waals surface area (Å²) in [5, 5.41) is 14.4. The molecule has 36 heavy (non-hydrogen) atoms. The fraction of sp³-hybridized carbons (Fsp3) is 0.148. The molecule has 1 atom stereocenters. The Kier molecular flexibility index (Phi) is 7.03. The third-order valence-electron chi connectivity index (χ3n) is 5.86. The summed E-state index contributed by atoms with van der Waals surface area (Å²) in [6.07, 6.45) is 1.79.